The van der Waals surface area contributed by atoms with Gasteiger partial charge in [0.15, 0.2) is 0 Å². The van der Waals surface area contributed by atoms with Gasteiger partial charge in [-0.05, 0) is 86.7 Å². The molecule has 7 aromatic rings. The van der Waals surface area contributed by atoms with Crippen LogP contribution in [-0.4, -0.2) is 0 Å². The van der Waals surface area contributed by atoms with Gasteiger partial charge >= 0.3 is 0 Å². The third-order valence-corrected chi connectivity index (χ3v) is 14.4. The van der Waals surface area contributed by atoms with Crippen LogP contribution in [0.1, 0.15) is 11.1 Å². The second-order valence-corrected chi connectivity index (χ2v) is 16.5. The highest BCUT2D eigenvalue weighted by Gasteiger charge is 2.34. The first-order chi connectivity index (χ1) is 23.2. The molecule has 4 heteroatoms. The van der Waals surface area contributed by atoms with E-state index >= 15 is 0 Å². The van der Waals surface area contributed by atoms with E-state index in [1.54, 1.807) is 0 Å². The third-order valence-electron chi connectivity index (χ3n) is 9.42. The second-order valence-electron chi connectivity index (χ2n) is 12.1. The molecule has 0 saturated carbocycles. The van der Waals surface area contributed by atoms with Gasteiger partial charge in [-0.15, -0.1) is 0 Å². The smallest absolute Gasteiger partial charge is 0.0745 e. The zero-order valence-electron chi connectivity index (χ0n) is 25.7. The highest BCUT2D eigenvalue weighted by Crippen LogP contribution is 2.57. The normalized spacial score (nSPS) is 13.4. The van der Waals surface area contributed by atoms with Gasteiger partial charge in [-0.1, -0.05) is 145 Å². The molecule has 1 heterocycles. The Morgan fingerprint density at radius 2 is 1.04 bits per heavy atom. The zero-order chi connectivity index (χ0) is 31.4. The third kappa shape index (κ3) is 4.42. The fourth-order valence-electron chi connectivity index (χ4n) is 7.36. The van der Waals surface area contributed by atoms with Crippen molar-refractivity contribution in [2.75, 3.05) is 9.80 Å². The maximum atomic E-state index is 6.69. The van der Waals surface area contributed by atoms with Gasteiger partial charge in [0.2, 0.25) is 0 Å². The van der Waals surface area contributed by atoms with E-state index in [1.807, 2.05) is 0 Å². The van der Waals surface area contributed by atoms with Crippen molar-refractivity contribution in [2.45, 2.75) is 6.42 Å². The van der Waals surface area contributed by atoms with Crippen LogP contribution in [-0.2, 0) is 18.2 Å². The lowest BCUT2D eigenvalue weighted by atomic mass is 9.88. The summed E-state index contributed by atoms with van der Waals surface area (Å²) in [5.41, 5.74) is 9.65. The van der Waals surface area contributed by atoms with Gasteiger partial charge in [-0.2, -0.15) is 0 Å². The Bertz CT molecular complexity index is 2310. The molecule has 2 aliphatic rings. The number of rotatable bonds is 5. The van der Waals surface area contributed by atoms with E-state index in [1.165, 1.54) is 49.2 Å². The molecule has 7 aromatic carbocycles. The molecule has 47 heavy (non-hydrogen) atoms. The number of anilines is 6. The van der Waals surface area contributed by atoms with Crippen molar-refractivity contribution < 1.29 is 0 Å². The van der Waals surface area contributed by atoms with Gasteiger partial charge in [0.05, 0.1) is 22.7 Å². The number of hydrogen-bond acceptors (Lipinski definition) is 3. The van der Waals surface area contributed by atoms with Crippen LogP contribution in [0.25, 0.3) is 16.8 Å². The number of para-hydroxylation sites is 3. The van der Waals surface area contributed by atoms with Gasteiger partial charge in [0.25, 0.3) is 0 Å². The summed E-state index contributed by atoms with van der Waals surface area (Å²) in [5.74, 6) is 0. The fraction of sp³-hybridized carbons (Fsp3) is 0.0233. The van der Waals surface area contributed by atoms with Crippen LogP contribution in [0, 0.1) is 0 Å². The Balaban J connectivity index is 1.27. The van der Waals surface area contributed by atoms with Crippen LogP contribution in [0.5, 0.6) is 0 Å². The summed E-state index contributed by atoms with van der Waals surface area (Å²) in [6.07, 6.45) is 5.46. The number of allylic oxidation sites excluding steroid dienone is 1. The molecule has 2 nitrogen and oxygen atoms in total. The first-order valence-electron chi connectivity index (χ1n) is 16.0. The van der Waals surface area contributed by atoms with Gasteiger partial charge in [-0.3, -0.25) is 0 Å². The first kappa shape index (κ1) is 28.0. The van der Waals surface area contributed by atoms with Gasteiger partial charge in [-0.25, -0.2) is 0 Å². The Morgan fingerprint density at radius 1 is 0.489 bits per heavy atom. The van der Waals surface area contributed by atoms with Crippen LogP contribution in [0.4, 0.5) is 34.1 Å². The van der Waals surface area contributed by atoms with Crippen molar-refractivity contribution >= 4 is 84.7 Å². The highest BCUT2D eigenvalue weighted by molar-refractivity contribution is 8.25. The number of hydrogen-bond donors (Lipinski definition) is 0. The van der Waals surface area contributed by atoms with Crippen LogP contribution in [0.2, 0.25) is 0 Å². The molecule has 0 radical (unpaired) electrons. The summed E-state index contributed by atoms with van der Waals surface area (Å²) in [7, 11) is 0. The van der Waals surface area contributed by atoms with Crippen LogP contribution in [0.15, 0.2) is 170 Å². The van der Waals surface area contributed by atoms with Crippen molar-refractivity contribution in [3.05, 3.63) is 181 Å². The van der Waals surface area contributed by atoms with Crippen molar-refractivity contribution in [1.29, 1.82) is 0 Å². The van der Waals surface area contributed by atoms with Crippen molar-refractivity contribution in [2.24, 2.45) is 0 Å². The average molecular weight is 639 g/mol. The average Bonchev–Trinajstić information content (AvgIpc) is 3.15. The number of nitrogens with zero attached hydrogens (tertiary/aromatic N) is 2. The molecule has 0 atom stereocenters. The summed E-state index contributed by atoms with van der Waals surface area (Å²) in [6.45, 7) is 0. The monoisotopic (exact) mass is 638 g/mol. The van der Waals surface area contributed by atoms with Gasteiger partial charge in [0, 0.05) is 17.4 Å². The van der Waals surface area contributed by atoms with E-state index in [-0.39, 0.29) is 0 Å². The van der Waals surface area contributed by atoms with Crippen molar-refractivity contribution in [3.8, 4) is 0 Å². The quantitative estimate of drug-likeness (QED) is 0.173. The summed E-state index contributed by atoms with van der Waals surface area (Å²) in [4.78, 5) is 4.91. The van der Waals surface area contributed by atoms with Crippen molar-refractivity contribution in [1.82, 2.24) is 0 Å². The topological polar surface area (TPSA) is 6.48 Å². The minimum atomic E-state index is -2.26. The van der Waals surface area contributed by atoms with E-state index in [9.17, 15) is 0 Å². The maximum Gasteiger partial charge on any atom is 0.0745 e. The lowest BCUT2D eigenvalue weighted by Gasteiger charge is -2.42. The molecule has 0 N–H and O–H groups in total. The molecule has 1 aliphatic carbocycles. The van der Waals surface area contributed by atoms with E-state index in [2.05, 4.69) is 186 Å². The Morgan fingerprint density at radius 3 is 1.70 bits per heavy atom. The van der Waals surface area contributed by atoms with Crippen LogP contribution < -0.4 is 25.7 Å². The minimum Gasteiger partial charge on any atom is -0.306 e. The Hall–Kier alpha value is -5.21. The maximum absolute atomic E-state index is 6.69. The molecule has 0 saturated heterocycles. The molecular formula is C43H31N2PS. The molecule has 224 valence electrons. The largest absolute Gasteiger partial charge is 0.306 e. The number of benzene rings is 7. The SMILES string of the molecule is S=P(c1ccccc1)(c1ccccc1)c1ccc(N2c3ccccc3N(c3ccccc3)c3c2cc2cccc4c2c3CC=C4)cc1. The van der Waals surface area contributed by atoms with Crippen molar-refractivity contribution in [3.63, 3.8) is 0 Å². The standard InChI is InChI=1S/C43H31N2PS/c47-46(35-19-6-2-7-20-35,36-21-8-3-9-22-36)37-28-26-34(27-29-37)44-39-24-10-11-25-40(39)45(33-17-4-1-5-18-33)43-38-23-13-15-31-14-12-16-32(42(31)38)30-41(43)44/h1-22,24-30H,23H2. The van der Waals surface area contributed by atoms with E-state index < -0.39 is 6.04 Å². The predicted octanol–water partition coefficient (Wildman–Crippen LogP) is 10.4. The molecule has 0 aromatic heterocycles. The molecule has 0 fully saturated rings. The lowest BCUT2D eigenvalue weighted by molar-refractivity contribution is 1.14. The summed E-state index contributed by atoms with van der Waals surface area (Å²) in [6, 6.07) is 56.7. The second kappa shape index (κ2) is 11.2. The Labute approximate surface area is 280 Å². The molecule has 0 bridgehead atoms. The van der Waals surface area contributed by atoms with Crippen LogP contribution in [0.3, 0.4) is 0 Å². The summed E-state index contributed by atoms with van der Waals surface area (Å²) in [5, 5.41) is 6.20. The molecule has 1 aliphatic heterocycles. The molecule has 0 spiro atoms. The van der Waals surface area contributed by atoms with E-state index in [4.69, 9.17) is 11.8 Å². The molecule has 9 rings (SSSR count). The summed E-state index contributed by atoms with van der Waals surface area (Å²) >= 11 is 6.69. The lowest BCUT2D eigenvalue weighted by Crippen LogP contribution is -2.27. The fourth-order valence-corrected chi connectivity index (χ4v) is 11.1. The number of fused-ring (bicyclic) bond motifs is 3. The summed E-state index contributed by atoms with van der Waals surface area (Å²) < 4.78 is 0. The highest BCUT2D eigenvalue weighted by atomic mass is 32.4. The van der Waals surface area contributed by atoms with E-state index in [0.717, 1.165) is 29.2 Å². The minimum absolute atomic E-state index is 0.881. The van der Waals surface area contributed by atoms with Gasteiger partial charge < -0.3 is 9.80 Å². The Kier molecular flexibility index (Phi) is 6.71. The van der Waals surface area contributed by atoms with Gasteiger partial charge in [0.1, 0.15) is 0 Å². The van der Waals surface area contributed by atoms with Crippen LogP contribution >= 0.6 is 6.04 Å². The molecule has 0 unspecified atom stereocenters. The zero-order valence-corrected chi connectivity index (χ0v) is 27.4. The molecular weight excluding hydrogens is 608 g/mol. The first-order valence-corrected chi connectivity index (χ1v) is 18.8. The predicted molar refractivity (Wildman–Crippen MR) is 206 cm³/mol. The molecule has 0 amide bonds. The van der Waals surface area contributed by atoms with E-state index in [0.29, 0.717) is 0 Å².